The van der Waals surface area contributed by atoms with Gasteiger partial charge in [0.25, 0.3) is 0 Å². The van der Waals surface area contributed by atoms with Crippen LogP contribution in [-0.4, -0.2) is 17.2 Å². The van der Waals surface area contributed by atoms with E-state index in [1.807, 2.05) is 13.8 Å². The van der Waals surface area contributed by atoms with Crippen molar-refractivity contribution in [3.63, 3.8) is 0 Å². The predicted molar refractivity (Wildman–Crippen MR) is 74.3 cm³/mol. The molecule has 0 saturated heterocycles. The Balaban J connectivity index is 2.69. The number of hydrogen-bond acceptors (Lipinski definition) is 4. The van der Waals surface area contributed by atoms with Gasteiger partial charge in [-0.05, 0) is 43.5 Å². The Hall–Kier alpha value is -2.30. The number of carbonyl (C=O) groups is 1. The Bertz CT molecular complexity index is 714. The second-order valence-electron chi connectivity index (χ2n) is 4.68. The lowest BCUT2D eigenvalue weighted by Gasteiger charge is -2.15. The Morgan fingerprint density at radius 1 is 1.40 bits per heavy atom. The first-order valence-electron chi connectivity index (χ1n) is 6.39. The van der Waals surface area contributed by atoms with E-state index in [0.717, 1.165) is 11.1 Å². The summed E-state index contributed by atoms with van der Waals surface area (Å²) in [6.07, 6.45) is -0.347. The molecule has 106 valence electrons. The molecule has 0 saturated carbocycles. The SMILES string of the molecule is CCc1cc(=O)oc2cc(C)cc(O[C@H](C)C(=O)O)c12. The molecule has 0 bridgehead atoms. The highest BCUT2D eigenvalue weighted by molar-refractivity contribution is 5.88. The van der Waals surface area contributed by atoms with Crippen LogP contribution in [0.25, 0.3) is 11.0 Å². The van der Waals surface area contributed by atoms with Gasteiger partial charge in [-0.15, -0.1) is 0 Å². The maximum atomic E-state index is 11.5. The molecule has 0 amide bonds. The molecule has 0 radical (unpaired) electrons. The summed E-state index contributed by atoms with van der Waals surface area (Å²) in [5, 5.41) is 9.62. The number of hydrogen-bond donors (Lipinski definition) is 1. The average Bonchev–Trinajstić information content (AvgIpc) is 2.36. The van der Waals surface area contributed by atoms with E-state index in [1.165, 1.54) is 13.0 Å². The molecule has 1 atom stereocenters. The zero-order chi connectivity index (χ0) is 14.9. The fourth-order valence-electron chi connectivity index (χ4n) is 2.08. The normalized spacial score (nSPS) is 12.3. The van der Waals surface area contributed by atoms with Crippen molar-refractivity contribution < 1.29 is 19.1 Å². The summed E-state index contributed by atoms with van der Waals surface area (Å²) in [5.74, 6) is -0.620. The molecule has 0 aliphatic carbocycles. The van der Waals surface area contributed by atoms with Crippen molar-refractivity contribution in [2.45, 2.75) is 33.3 Å². The van der Waals surface area contributed by atoms with Crippen LogP contribution in [0.15, 0.2) is 27.4 Å². The molecule has 5 heteroatoms. The minimum absolute atomic E-state index is 0.418. The monoisotopic (exact) mass is 276 g/mol. The van der Waals surface area contributed by atoms with E-state index in [0.29, 0.717) is 23.1 Å². The second kappa shape index (κ2) is 5.36. The van der Waals surface area contributed by atoms with Crippen molar-refractivity contribution in [2.75, 3.05) is 0 Å². The summed E-state index contributed by atoms with van der Waals surface area (Å²) in [5.41, 5.74) is 1.62. The van der Waals surface area contributed by atoms with Gasteiger partial charge in [-0.1, -0.05) is 6.92 Å². The maximum Gasteiger partial charge on any atom is 0.344 e. The minimum atomic E-state index is -1.05. The van der Waals surface area contributed by atoms with Gasteiger partial charge in [0.15, 0.2) is 6.10 Å². The van der Waals surface area contributed by atoms with Crippen molar-refractivity contribution >= 4 is 16.9 Å². The van der Waals surface area contributed by atoms with E-state index in [2.05, 4.69) is 0 Å². The number of carboxylic acid groups (broad SMARTS) is 1. The molecule has 1 heterocycles. The number of benzene rings is 1. The van der Waals surface area contributed by atoms with Crippen LogP contribution < -0.4 is 10.4 Å². The van der Waals surface area contributed by atoms with E-state index < -0.39 is 17.7 Å². The maximum absolute atomic E-state index is 11.5. The van der Waals surface area contributed by atoms with Gasteiger partial charge in [0.2, 0.25) is 0 Å². The summed E-state index contributed by atoms with van der Waals surface area (Å²) in [4.78, 5) is 22.4. The largest absolute Gasteiger partial charge is 0.479 e. The molecule has 1 N–H and O–H groups in total. The van der Waals surface area contributed by atoms with E-state index in [4.69, 9.17) is 14.3 Å². The topological polar surface area (TPSA) is 76.7 Å². The summed E-state index contributed by atoms with van der Waals surface area (Å²) in [6, 6.07) is 4.91. The van der Waals surface area contributed by atoms with Gasteiger partial charge in [-0.3, -0.25) is 0 Å². The summed E-state index contributed by atoms with van der Waals surface area (Å²) < 4.78 is 10.7. The van der Waals surface area contributed by atoms with Crippen LogP contribution >= 0.6 is 0 Å². The van der Waals surface area contributed by atoms with Gasteiger partial charge in [0.05, 0.1) is 5.39 Å². The number of aryl methyl sites for hydroxylation is 2. The summed E-state index contributed by atoms with van der Waals surface area (Å²) in [6.45, 7) is 5.20. The molecule has 0 fully saturated rings. The van der Waals surface area contributed by atoms with Crippen LogP contribution in [0.3, 0.4) is 0 Å². The highest BCUT2D eigenvalue weighted by Crippen LogP contribution is 2.30. The first-order chi connectivity index (χ1) is 9.42. The molecule has 0 aliphatic rings. The van der Waals surface area contributed by atoms with Crippen LogP contribution in [0.1, 0.15) is 25.0 Å². The van der Waals surface area contributed by atoms with Gasteiger partial charge < -0.3 is 14.3 Å². The standard InChI is InChI=1S/C15H16O5/c1-4-10-7-13(16)20-12-6-8(2)5-11(14(10)12)19-9(3)15(17)18/h5-7,9H,4H2,1-3H3,(H,17,18)/t9-/m1/s1. The summed E-state index contributed by atoms with van der Waals surface area (Å²) >= 11 is 0. The molecule has 0 unspecified atom stereocenters. The smallest absolute Gasteiger partial charge is 0.344 e. The van der Waals surface area contributed by atoms with Crippen LogP contribution in [0.2, 0.25) is 0 Å². The number of carboxylic acids is 1. The molecular formula is C15H16O5. The van der Waals surface area contributed by atoms with Crippen molar-refractivity contribution in [3.8, 4) is 5.75 Å². The Morgan fingerprint density at radius 3 is 2.70 bits per heavy atom. The first kappa shape index (κ1) is 14.1. The second-order valence-corrected chi connectivity index (χ2v) is 4.68. The van der Waals surface area contributed by atoms with Crippen molar-refractivity contribution in [1.82, 2.24) is 0 Å². The fourth-order valence-corrected chi connectivity index (χ4v) is 2.08. The minimum Gasteiger partial charge on any atom is -0.479 e. The average molecular weight is 276 g/mol. The van der Waals surface area contributed by atoms with Gasteiger partial charge >= 0.3 is 11.6 Å². The van der Waals surface area contributed by atoms with Crippen LogP contribution in [-0.2, 0) is 11.2 Å². The molecule has 0 aliphatic heterocycles. The Kier molecular flexibility index (Phi) is 3.79. The third-order valence-corrected chi connectivity index (χ3v) is 3.07. The Morgan fingerprint density at radius 2 is 2.10 bits per heavy atom. The number of rotatable bonds is 4. The van der Waals surface area contributed by atoms with Gasteiger partial charge in [0.1, 0.15) is 11.3 Å². The van der Waals surface area contributed by atoms with Crippen LogP contribution in [0.5, 0.6) is 5.75 Å². The van der Waals surface area contributed by atoms with Crippen LogP contribution in [0, 0.1) is 6.92 Å². The number of fused-ring (bicyclic) bond motifs is 1. The molecule has 20 heavy (non-hydrogen) atoms. The van der Waals surface area contributed by atoms with Crippen LogP contribution in [0.4, 0.5) is 0 Å². The van der Waals surface area contributed by atoms with Crippen molar-refractivity contribution in [3.05, 3.63) is 39.7 Å². The highest BCUT2D eigenvalue weighted by Gasteiger charge is 2.17. The van der Waals surface area contributed by atoms with Crippen molar-refractivity contribution in [2.24, 2.45) is 0 Å². The molecule has 5 nitrogen and oxygen atoms in total. The van der Waals surface area contributed by atoms with Gasteiger partial charge in [0, 0.05) is 6.07 Å². The molecule has 2 aromatic rings. The van der Waals surface area contributed by atoms with E-state index in [-0.39, 0.29) is 0 Å². The lowest BCUT2D eigenvalue weighted by atomic mass is 10.0. The lowest BCUT2D eigenvalue weighted by molar-refractivity contribution is -0.144. The van der Waals surface area contributed by atoms with E-state index in [1.54, 1.807) is 12.1 Å². The highest BCUT2D eigenvalue weighted by atomic mass is 16.5. The predicted octanol–water partition coefficient (Wildman–Crippen LogP) is 2.52. The van der Waals surface area contributed by atoms with Crippen molar-refractivity contribution in [1.29, 1.82) is 0 Å². The lowest BCUT2D eigenvalue weighted by Crippen LogP contribution is -2.23. The molecule has 0 spiro atoms. The molecule has 2 rings (SSSR count). The first-order valence-corrected chi connectivity index (χ1v) is 6.39. The van der Waals surface area contributed by atoms with Gasteiger partial charge in [-0.2, -0.15) is 0 Å². The zero-order valence-electron chi connectivity index (χ0n) is 11.6. The third kappa shape index (κ3) is 2.66. The third-order valence-electron chi connectivity index (χ3n) is 3.07. The quantitative estimate of drug-likeness (QED) is 0.868. The number of aliphatic carboxylic acids is 1. The summed E-state index contributed by atoms with van der Waals surface area (Å²) in [7, 11) is 0. The Labute approximate surface area is 115 Å². The molecule has 1 aromatic carbocycles. The fraction of sp³-hybridized carbons (Fsp3) is 0.333. The van der Waals surface area contributed by atoms with E-state index >= 15 is 0 Å². The molecule has 1 aromatic heterocycles. The van der Waals surface area contributed by atoms with E-state index in [9.17, 15) is 9.59 Å². The number of ether oxygens (including phenoxy) is 1. The zero-order valence-corrected chi connectivity index (χ0v) is 11.6. The van der Waals surface area contributed by atoms with Gasteiger partial charge in [-0.25, -0.2) is 9.59 Å². The molecular weight excluding hydrogens is 260 g/mol.